The maximum Gasteiger partial charge on any atom is 0.258 e. The second kappa shape index (κ2) is 8.60. The van der Waals surface area contributed by atoms with E-state index in [-0.39, 0.29) is 18.6 Å². The fourth-order valence-corrected chi connectivity index (χ4v) is 2.22. The molecule has 0 saturated heterocycles. The van der Waals surface area contributed by atoms with Crippen LogP contribution in [0.3, 0.4) is 0 Å². The molecule has 1 amide bonds. The Morgan fingerprint density at radius 3 is 2.74 bits per heavy atom. The Kier molecular flexibility index (Phi) is 6.19. The van der Waals surface area contributed by atoms with Gasteiger partial charge in [-0.25, -0.2) is 0 Å². The molecule has 0 aromatic heterocycles. The van der Waals surface area contributed by atoms with Crippen LogP contribution in [-0.4, -0.2) is 18.6 Å². The van der Waals surface area contributed by atoms with Crippen molar-refractivity contribution in [1.29, 1.82) is 5.26 Å². The van der Waals surface area contributed by atoms with Crippen LogP contribution in [0.25, 0.3) is 0 Å². The molecule has 2 aromatic carbocycles. The smallest absolute Gasteiger partial charge is 0.258 e. The highest BCUT2D eigenvalue weighted by Crippen LogP contribution is 2.12. The molecule has 0 aliphatic rings. The number of hydrogen-bond donors (Lipinski definition) is 1. The zero-order valence-electron chi connectivity index (χ0n) is 13.2. The molecule has 1 N–H and O–H groups in total. The molecule has 0 saturated carbocycles. The number of carbonyl (C=O) groups excluding carboxylic acids is 1. The molecule has 4 heteroatoms. The van der Waals surface area contributed by atoms with Crippen molar-refractivity contribution in [3.05, 3.63) is 65.7 Å². The number of amides is 1. The Morgan fingerprint density at radius 2 is 2.00 bits per heavy atom. The largest absolute Gasteiger partial charge is 0.484 e. The predicted molar refractivity (Wildman–Crippen MR) is 89.0 cm³/mol. The summed E-state index contributed by atoms with van der Waals surface area (Å²) < 4.78 is 5.41. The van der Waals surface area contributed by atoms with E-state index in [0.29, 0.717) is 11.3 Å². The summed E-state index contributed by atoms with van der Waals surface area (Å²) in [6, 6.07) is 19.1. The first-order valence-electron chi connectivity index (χ1n) is 7.63. The lowest BCUT2D eigenvalue weighted by Crippen LogP contribution is -2.36. The molecular weight excluding hydrogens is 288 g/mol. The molecule has 0 spiro atoms. The quantitative estimate of drug-likeness (QED) is 0.855. The summed E-state index contributed by atoms with van der Waals surface area (Å²) in [5.74, 6) is 0.365. The first kappa shape index (κ1) is 16.6. The minimum atomic E-state index is -0.159. The Hall–Kier alpha value is -2.80. The number of hydrogen-bond acceptors (Lipinski definition) is 3. The van der Waals surface area contributed by atoms with Crippen LogP contribution in [0.4, 0.5) is 0 Å². The Morgan fingerprint density at radius 1 is 1.22 bits per heavy atom. The van der Waals surface area contributed by atoms with Crippen molar-refractivity contribution >= 4 is 5.91 Å². The van der Waals surface area contributed by atoms with Gasteiger partial charge in [-0.1, -0.05) is 36.4 Å². The van der Waals surface area contributed by atoms with E-state index >= 15 is 0 Å². The summed E-state index contributed by atoms with van der Waals surface area (Å²) in [4.78, 5) is 11.9. The lowest BCUT2D eigenvalue weighted by Gasteiger charge is -2.14. The van der Waals surface area contributed by atoms with Gasteiger partial charge in [-0.3, -0.25) is 4.79 Å². The van der Waals surface area contributed by atoms with Gasteiger partial charge in [0.1, 0.15) is 5.75 Å². The van der Waals surface area contributed by atoms with E-state index in [4.69, 9.17) is 10.00 Å². The van der Waals surface area contributed by atoms with Crippen LogP contribution in [0.1, 0.15) is 24.5 Å². The summed E-state index contributed by atoms with van der Waals surface area (Å²) in [6.45, 7) is 1.93. The lowest BCUT2D eigenvalue weighted by atomic mass is 10.1. The lowest BCUT2D eigenvalue weighted by molar-refractivity contribution is -0.123. The van der Waals surface area contributed by atoms with Crippen LogP contribution in [0.5, 0.6) is 5.75 Å². The summed E-state index contributed by atoms with van der Waals surface area (Å²) in [5, 5.41) is 11.7. The predicted octanol–water partition coefficient (Wildman–Crippen LogP) is 3.07. The van der Waals surface area contributed by atoms with E-state index in [0.717, 1.165) is 12.8 Å². The van der Waals surface area contributed by atoms with Crippen molar-refractivity contribution in [3.63, 3.8) is 0 Å². The van der Waals surface area contributed by atoms with Crippen LogP contribution in [0.15, 0.2) is 54.6 Å². The molecule has 0 bridgehead atoms. The first-order valence-corrected chi connectivity index (χ1v) is 7.63. The van der Waals surface area contributed by atoms with Gasteiger partial charge in [0.2, 0.25) is 0 Å². The second-order valence-electron chi connectivity index (χ2n) is 5.42. The highest BCUT2D eigenvalue weighted by Gasteiger charge is 2.08. The normalized spacial score (nSPS) is 11.3. The minimum absolute atomic E-state index is 0.0510. The average Bonchev–Trinajstić information content (AvgIpc) is 2.59. The maximum atomic E-state index is 11.9. The van der Waals surface area contributed by atoms with E-state index in [1.807, 2.05) is 31.2 Å². The molecule has 0 aliphatic heterocycles. The third kappa shape index (κ3) is 5.84. The average molecular weight is 308 g/mol. The van der Waals surface area contributed by atoms with Crippen molar-refractivity contribution in [2.45, 2.75) is 25.8 Å². The molecule has 0 aliphatic carbocycles. The van der Waals surface area contributed by atoms with Gasteiger partial charge in [0.05, 0.1) is 11.6 Å². The van der Waals surface area contributed by atoms with E-state index in [1.54, 1.807) is 24.3 Å². The van der Waals surface area contributed by atoms with Crippen molar-refractivity contribution in [1.82, 2.24) is 5.32 Å². The van der Waals surface area contributed by atoms with E-state index < -0.39 is 0 Å². The van der Waals surface area contributed by atoms with Crippen LogP contribution in [0.2, 0.25) is 0 Å². The Balaban J connectivity index is 1.72. The van der Waals surface area contributed by atoms with Crippen molar-refractivity contribution in [2.75, 3.05) is 6.61 Å². The zero-order valence-corrected chi connectivity index (χ0v) is 13.2. The molecule has 0 heterocycles. The third-order valence-electron chi connectivity index (χ3n) is 3.45. The van der Waals surface area contributed by atoms with Crippen LogP contribution in [0, 0.1) is 11.3 Å². The number of nitrogens with zero attached hydrogens (tertiary/aromatic N) is 1. The number of benzene rings is 2. The van der Waals surface area contributed by atoms with Crippen LogP contribution >= 0.6 is 0 Å². The van der Waals surface area contributed by atoms with Gasteiger partial charge >= 0.3 is 0 Å². The number of rotatable bonds is 7. The fraction of sp³-hybridized carbons (Fsp3) is 0.263. The van der Waals surface area contributed by atoms with Gasteiger partial charge in [0.25, 0.3) is 5.91 Å². The molecule has 0 radical (unpaired) electrons. The van der Waals surface area contributed by atoms with E-state index in [1.165, 1.54) is 5.56 Å². The van der Waals surface area contributed by atoms with Gasteiger partial charge in [-0.2, -0.15) is 5.26 Å². The van der Waals surface area contributed by atoms with Gasteiger partial charge in [0.15, 0.2) is 6.61 Å². The third-order valence-corrected chi connectivity index (χ3v) is 3.45. The molecule has 118 valence electrons. The van der Waals surface area contributed by atoms with E-state index in [9.17, 15) is 4.79 Å². The van der Waals surface area contributed by atoms with Crippen molar-refractivity contribution in [2.24, 2.45) is 0 Å². The van der Waals surface area contributed by atoms with Gasteiger partial charge in [0, 0.05) is 6.04 Å². The summed E-state index contributed by atoms with van der Waals surface area (Å²) in [5.41, 5.74) is 1.78. The summed E-state index contributed by atoms with van der Waals surface area (Å²) in [7, 11) is 0. The Labute approximate surface area is 136 Å². The van der Waals surface area contributed by atoms with Gasteiger partial charge < -0.3 is 10.1 Å². The molecule has 0 unspecified atom stereocenters. The standard InChI is InChI=1S/C19H20N2O2/c1-15(10-11-16-6-3-2-4-7-16)21-19(22)14-23-18-9-5-8-17(12-18)13-20/h2-9,12,15H,10-11,14H2,1H3,(H,21,22)/t15-/m0/s1. The Bertz CT molecular complexity index is 677. The number of aryl methyl sites for hydroxylation is 1. The van der Waals surface area contributed by atoms with Crippen LogP contribution in [-0.2, 0) is 11.2 Å². The number of nitrogens with one attached hydrogen (secondary N) is 1. The fourth-order valence-electron chi connectivity index (χ4n) is 2.22. The van der Waals surface area contributed by atoms with Crippen molar-refractivity contribution in [3.8, 4) is 11.8 Å². The van der Waals surface area contributed by atoms with Crippen LogP contribution < -0.4 is 10.1 Å². The number of carbonyl (C=O) groups is 1. The molecule has 23 heavy (non-hydrogen) atoms. The monoisotopic (exact) mass is 308 g/mol. The second-order valence-corrected chi connectivity index (χ2v) is 5.42. The summed E-state index contributed by atoms with van der Waals surface area (Å²) >= 11 is 0. The molecule has 4 nitrogen and oxygen atoms in total. The number of nitriles is 1. The highest BCUT2D eigenvalue weighted by molar-refractivity contribution is 5.77. The highest BCUT2D eigenvalue weighted by atomic mass is 16.5. The minimum Gasteiger partial charge on any atom is -0.484 e. The van der Waals surface area contributed by atoms with Crippen molar-refractivity contribution < 1.29 is 9.53 Å². The molecule has 1 atom stereocenters. The topological polar surface area (TPSA) is 62.1 Å². The molecule has 2 rings (SSSR count). The van der Waals surface area contributed by atoms with Gasteiger partial charge in [-0.15, -0.1) is 0 Å². The molecule has 2 aromatic rings. The molecule has 0 fully saturated rings. The van der Waals surface area contributed by atoms with E-state index in [2.05, 4.69) is 17.4 Å². The number of ether oxygens (including phenoxy) is 1. The maximum absolute atomic E-state index is 11.9. The zero-order chi connectivity index (χ0) is 16.5. The first-order chi connectivity index (χ1) is 11.2. The molecular formula is C19H20N2O2. The van der Waals surface area contributed by atoms with Gasteiger partial charge in [-0.05, 0) is 43.5 Å². The SMILES string of the molecule is C[C@@H](CCc1ccccc1)NC(=O)COc1cccc(C#N)c1. The summed E-state index contributed by atoms with van der Waals surface area (Å²) in [6.07, 6.45) is 1.80.